The van der Waals surface area contributed by atoms with Crippen molar-refractivity contribution >= 4 is 5.71 Å². The Morgan fingerprint density at radius 1 is 1.18 bits per heavy atom. The summed E-state index contributed by atoms with van der Waals surface area (Å²) >= 11 is 0. The molecular formula is C29H46F2N2O. The highest BCUT2D eigenvalue weighted by molar-refractivity contribution is 5.85. The molecule has 0 bridgehead atoms. The Balaban J connectivity index is 1.42. The highest BCUT2D eigenvalue weighted by Gasteiger charge is 2.58. The number of alkyl halides is 2. The molecule has 3 saturated carbocycles. The number of halogens is 2. The van der Waals surface area contributed by atoms with Gasteiger partial charge in [0.1, 0.15) is 6.61 Å². The predicted molar refractivity (Wildman–Crippen MR) is 136 cm³/mol. The molecule has 34 heavy (non-hydrogen) atoms. The van der Waals surface area contributed by atoms with Gasteiger partial charge in [0.2, 0.25) is 0 Å². The third-order valence-electron chi connectivity index (χ3n) is 10.4. The topological polar surface area (TPSA) is 33.6 Å². The van der Waals surface area contributed by atoms with Gasteiger partial charge >= 0.3 is 0 Å². The summed E-state index contributed by atoms with van der Waals surface area (Å²) < 4.78 is 27.6. The molecule has 0 radical (unpaired) electrons. The Labute approximate surface area is 205 Å². The first-order valence-electron chi connectivity index (χ1n) is 13.8. The number of oxime groups is 1. The Bertz CT molecular complexity index is 808. The average Bonchev–Trinajstić information content (AvgIpc) is 3.31. The van der Waals surface area contributed by atoms with Crippen LogP contribution in [-0.2, 0) is 4.84 Å². The highest BCUT2D eigenvalue weighted by atomic mass is 19.3. The summed E-state index contributed by atoms with van der Waals surface area (Å²) in [4.78, 5) is 5.60. The lowest BCUT2D eigenvalue weighted by Crippen LogP contribution is -2.50. The molecule has 0 amide bonds. The molecule has 0 aromatic rings. The van der Waals surface area contributed by atoms with Crippen molar-refractivity contribution in [2.75, 3.05) is 13.2 Å². The zero-order valence-electron chi connectivity index (χ0n) is 21.8. The molecule has 4 aliphatic rings. The van der Waals surface area contributed by atoms with E-state index in [0.717, 1.165) is 23.5 Å². The fraction of sp³-hybridized carbons (Fsp3) is 0.828. The number of nitrogens with zero attached hydrogens (tertiary/aromatic N) is 1. The molecule has 7 atom stereocenters. The maximum Gasteiger partial charge on any atom is 0.264 e. The highest BCUT2D eigenvalue weighted by Crippen LogP contribution is 2.66. The van der Waals surface area contributed by atoms with Crippen molar-refractivity contribution in [2.24, 2.45) is 39.7 Å². The molecule has 0 spiro atoms. The normalized spacial score (nSPS) is 42.9. The van der Waals surface area contributed by atoms with Crippen LogP contribution in [0, 0.1) is 34.5 Å². The van der Waals surface area contributed by atoms with Crippen LogP contribution in [-0.4, -0.2) is 30.8 Å². The van der Waals surface area contributed by atoms with Crippen LogP contribution in [0.25, 0.3) is 0 Å². The maximum atomic E-state index is 13.8. The van der Waals surface area contributed by atoms with E-state index in [9.17, 15) is 8.78 Å². The largest absolute Gasteiger partial charge is 0.396 e. The maximum absolute atomic E-state index is 13.8. The Hall–Kier alpha value is -1.23. The molecule has 192 valence electrons. The van der Waals surface area contributed by atoms with Crippen molar-refractivity contribution in [1.29, 1.82) is 0 Å². The third kappa shape index (κ3) is 4.51. The van der Waals surface area contributed by atoms with Gasteiger partial charge in [-0.3, -0.25) is 0 Å². The van der Waals surface area contributed by atoms with E-state index in [4.69, 9.17) is 4.84 Å². The minimum atomic E-state index is -2.63. The van der Waals surface area contributed by atoms with Gasteiger partial charge in [0.25, 0.3) is 5.92 Å². The summed E-state index contributed by atoms with van der Waals surface area (Å²) in [5.74, 6) is 0.0983. The molecule has 4 rings (SSSR count). The number of hydrogen-bond acceptors (Lipinski definition) is 3. The summed E-state index contributed by atoms with van der Waals surface area (Å²) in [5, 5.41) is 7.37. The van der Waals surface area contributed by atoms with E-state index in [1.807, 2.05) is 6.08 Å². The van der Waals surface area contributed by atoms with Gasteiger partial charge < -0.3 is 10.2 Å². The van der Waals surface area contributed by atoms with Crippen LogP contribution in [0.3, 0.4) is 0 Å². The van der Waals surface area contributed by atoms with Crippen LogP contribution < -0.4 is 5.32 Å². The monoisotopic (exact) mass is 476 g/mol. The SMILES string of the molecule is C=C/C=C1/CCC2C(CCC3(C)C(/C(C)=N/OCCC4NCCC4(F)F)CCC23)C1(C)CCC. The molecule has 0 aromatic carbocycles. The van der Waals surface area contributed by atoms with E-state index in [0.29, 0.717) is 24.3 Å². The fourth-order valence-corrected chi connectivity index (χ4v) is 8.73. The molecule has 1 N–H and O–H groups in total. The summed E-state index contributed by atoms with van der Waals surface area (Å²) in [6.45, 7) is 14.1. The van der Waals surface area contributed by atoms with Crippen molar-refractivity contribution in [2.45, 2.75) is 104 Å². The summed E-state index contributed by atoms with van der Waals surface area (Å²) in [5.41, 5.74) is 3.25. The predicted octanol–water partition coefficient (Wildman–Crippen LogP) is 7.54. The minimum absolute atomic E-state index is 0.0773. The third-order valence-corrected chi connectivity index (χ3v) is 10.4. The van der Waals surface area contributed by atoms with Crippen LogP contribution in [0.5, 0.6) is 0 Å². The van der Waals surface area contributed by atoms with Crippen LogP contribution in [0.15, 0.2) is 29.5 Å². The van der Waals surface area contributed by atoms with Gasteiger partial charge in [-0.05, 0) is 80.5 Å². The first kappa shape index (κ1) is 25.9. The lowest BCUT2D eigenvalue weighted by Gasteiger charge is -2.57. The molecule has 4 fully saturated rings. The van der Waals surface area contributed by atoms with E-state index in [1.165, 1.54) is 51.4 Å². The molecule has 3 nitrogen and oxygen atoms in total. The standard InChI is InChI=1S/C29H46F2N2O/c1-6-8-21-9-10-22-24-12-11-23(28(24,5)16-13-25(22)27(21,4)15-7-2)20(3)33-34-19-14-26-29(30,31)17-18-32-26/h6,8,22-26,32H,1,7,9-19H2,2-5H3/b21-8-,33-20+. The van der Waals surface area contributed by atoms with Crippen LogP contribution in [0.4, 0.5) is 8.78 Å². The Kier molecular flexibility index (Phi) is 7.62. The molecule has 1 aliphatic heterocycles. The summed E-state index contributed by atoms with van der Waals surface area (Å²) in [7, 11) is 0. The van der Waals surface area contributed by atoms with Gasteiger partial charge in [-0.25, -0.2) is 8.78 Å². The quantitative estimate of drug-likeness (QED) is 0.223. The Morgan fingerprint density at radius 3 is 2.65 bits per heavy atom. The second-order valence-corrected chi connectivity index (χ2v) is 12.1. The van der Waals surface area contributed by atoms with E-state index >= 15 is 0 Å². The molecule has 3 aliphatic carbocycles. The van der Waals surface area contributed by atoms with Crippen molar-refractivity contribution in [3.05, 3.63) is 24.3 Å². The first-order chi connectivity index (χ1) is 16.2. The van der Waals surface area contributed by atoms with E-state index < -0.39 is 12.0 Å². The smallest absolute Gasteiger partial charge is 0.264 e. The van der Waals surface area contributed by atoms with Gasteiger partial charge in [-0.1, -0.05) is 56.7 Å². The van der Waals surface area contributed by atoms with E-state index in [-0.39, 0.29) is 18.4 Å². The molecular weight excluding hydrogens is 430 g/mol. The second-order valence-electron chi connectivity index (χ2n) is 12.1. The van der Waals surface area contributed by atoms with Crippen LogP contribution in [0.2, 0.25) is 0 Å². The lowest BCUT2D eigenvalue weighted by atomic mass is 9.47. The van der Waals surface area contributed by atoms with Gasteiger partial charge in [0, 0.05) is 25.3 Å². The van der Waals surface area contributed by atoms with Crippen molar-refractivity contribution in [3.63, 3.8) is 0 Å². The first-order valence-corrected chi connectivity index (χ1v) is 13.8. The zero-order chi connectivity index (χ0) is 24.6. The van der Waals surface area contributed by atoms with E-state index in [1.54, 1.807) is 5.57 Å². The zero-order valence-corrected chi connectivity index (χ0v) is 21.8. The van der Waals surface area contributed by atoms with Gasteiger partial charge in [-0.15, -0.1) is 0 Å². The number of fused-ring (bicyclic) bond motifs is 3. The van der Waals surface area contributed by atoms with E-state index in [2.05, 4.69) is 50.8 Å². The molecule has 7 unspecified atom stereocenters. The number of hydrogen-bond donors (Lipinski definition) is 1. The fourth-order valence-electron chi connectivity index (χ4n) is 8.73. The Morgan fingerprint density at radius 2 is 1.97 bits per heavy atom. The molecule has 5 heteroatoms. The summed E-state index contributed by atoms with van der Waals surface area (Å²) in [6, 6.07) is -0.782. The summed E-state index contributed by atoms with van der Waals surface area (Å²) in [6.07, 6.45) is 14.5. The second kappa shape index (κ2) is 10.0. The van der Waals surface area contributed by atoms with Gasteiger partial charge in [-0.2, -0.15) is 0 Å². The number of allylic oxidation sites excluding steroid dienone is 3. The van der Waals surface area contributed by atoms with Crippen LogP contribution in [0.1, 0.15) is 91.9 Å². The van der Waals surface area contributed by atoms with Crippen molar-refractivity contribution < 1.29 is 13.6 Å². The van der Waals surface area contributed by atoms with Gasteiger partial charge in [0.05, 0.1) is 11.8 Å². The molecule has 0 aromatic heterocycles. The van der Waals surface area contributed by atoms with Gasteiger partial charge in [0.15, 0.2) is 0 Å². The lowest BCUT2D eigenvalue weighted by molar-refractivity contribution is -0.0413. The van der Waals surface area contributed by atoms with Crippen molar-refractivity contribution in [1.82, 2.24) is 5.32 Å². The van der Waals surface area contributed by atoms with Crippen LogP contribution >= 0.6 is 0 Å². The number of rotatable bonds is 8. The average molecular weight is 477 g/mol. The molecule has 1 saturated heterocycles. The van der Waals surface area contributed by atoms with Crippen molar-refractivity contribution in [3.8, 4) is 0 Å². The molecule has 1 heterocycles. The number of nitrogens with one attached hydrogen (secondary N) is 1. The minimum Gasteiger partial charge on any atom is -0.396 e.